The van der Waals surface area contributed by atoms with Crippen LogP contribution in [0.15, 0.2) is 60.2 Å². The van der Waals surface area contributed by atoms with Crippen LogP contribution in [-0.2, 0) is 9.59 Å². The third-order valence-corrected chi connectivity index (χ3v) is 8.36. The lowest BCUT2D eigenvalue weighted by molar-refractivity contribution is -0.132. The number of rotatable bonds is 9. The van der Waals surface area contributed by atoms with E-state index in [0.717, 1.165) is 22.2 Å². The number of anilines is 1. The lowest BCUT2D eigenvalue weighted by Gasteiger charge is -2.24. The third-order valence-electron chi connectivity index (χ3n) is 7.34. The molecule has 8 nitrogen and oxygen atoms in total. The fourth-order valence-electron chi connectivity index (χ4n) is 4.98. The molecule has 3 aromatic carbocycles. The summed E-state index contributed by atoms with van der Waals surface area (Å²) in [4.78, 5) is 33.5. The minimum atomic E-state index is -0.953. The monoisotopic (exact) mass is 586 g/mol. The quantitative estimate of drug-likeness (QED) is 0.128. The highest BCUT2D eigenvalue weighted by Gasteiger charge is 2.48. The zero-order valence-electron chi connectivity index (χ0n) is 24.6. The van der Waals surface area contributed by atoms with Crippen LogP contribution in [-0.4, -0.2) is 42.6 Å². The molecule has 0 aliphatic carbocycles. The van der Waals surface area contributed by atoms with Crippen LogP contribution in [0.4, 0.5) is 5.13 Å². The highest BCUT2D eigenvalue weighted by molar-refractivity contribution is 7.22. The molecule has 4 aromatic rings. The normalized spacial score (nSPS) is 16.5. The first-order chi connectivity index (χ1) is 20.1. The summed E-state index contributed by atoms with van der Waals surface area (Å²) in [6.45, 7) is 8.53. The molecule has 1 fully saturated rings. The molecule has 1 N–H and O–H groups in total. The molecule has 0 saturated carbocycles. The van der Waals surface area contributed by atoms with Crippen LogP contribution in [0.2, 0.25) is 0 Å². The molecule has 0 bridgehead atoms. The molecule has 1 aromatic heterocycles. The number of hydrogen-bond acceptors (Lipinski definition) is 8. The van der Waals surface area contributed by atoms with Gasteiger partial charge in [0.15, 0.2) is 16.6 Å². The van der Waals surface area contributed by atoms with Gasteiger partial charge in [0.2, 0.25) is 0 Å². The molecule has 1 amide bonds. The number of nitrogens with zero attached hydrogens (tertiary/aromatic N) is 2. The number of aliphatic hydroxyl groups is 1. The van der Waals surface area contributed by atoms with Crippen molar-refractivity contribution in [2.45, 2.75) is 40.2 Å². The smallest absolute Gasteiger partial charge is 0.301 e. The largest absolute Gasteiger partial charge is 0.507 e. The van der Waals surface area contributed by atoms with Gasteiger partial charge in [-0.15, -0.1) is 0 Å². The molecule has 0 radical (unpaired) electrons. The van der Waals surface area contributed by atoms with Gasteiger partial charge in [0.05, 0.1) is 42.7 Å². The number of fused-ring (bicyclic) bond motifs is 1. The molecule has 1 aliphatic rings. The highest BCUT2D eigenvalue weighted by Crippen LogP contribution is 2.46. The van der Waals surface area contributed by atoms with E-state index in [1.165, 1.54) is 16.2 Å². The van der Waals surface area contributed by atoms with Crippen LogP contribution in [0, 0.1) is 19.8 Å². The van der Waals surface area contributed by atoms with E-state index >= 15 is 0 Å². The van der Waals surface area contributed by atoms with Gasteiger partial charge in [0, 0.05) is 5.56 Å². The molecule has 5 rings (SSSR count). The summed E-state index contributed by atoms with van der Waals surface area (Å²) in [5.74, 6) is 0.364. The summed E-state index contributed by atoms with van der Waals surface area (Å²) in [5.41, 5.74) is 3.41. The average molecular weight is 587 g/mol. The standard InChI is InChI=1S/C33H34N2O6S/c1-18(2)13-14-41-25-12-9-21(16-26(25)40-6)29-28(30(36)23-15-19(3)7-8-20(23)4)31(37)32(38)35(29)33-34-24-11-10-22(39-5)17-27(24)42-33/h7-12,15-18,29,36H,13-14H2,1-6H3. The number of aryl methyl sites for hydroxylation is 2. The minimum Gasteiger partial charge on any atom is -0.507 e. The molecule has 2 heterocycles. The van der Waals surface area contributed by atoms with Crippen molar-refractivity contribution in [2.24, 2.45) is 5.92 Å². The van der Waals surface area contributed by atoms with Crippen LogP contribution in [0.25, 0.3) is 16.0 Å². The summed E-state index contributed by atoms with van der Waals surface area (Å²) in [6.07, 6.45) is 0.878. The number of carbonyl (C=O) groups is 2. The second-order valence-corrected chi connectivity index (χ2v) is 11.8. The first-order valence-electron chi connectivity index (χ1n) is 13.8. The second-order valence-electron chi connectivity index (χ2n) is 10.8. The zero-order chi connectivity index (χ0) is 30.1. The Morgan fingerprint density at radius 2 is 1.79 bits per heavy atom. The summed E-state index contributed by atoms with van der Waals surface area (Å²) in [5, 5.41) is 12.0. The van der Waals surface area contributed by atoms with Crippen molar-refractivity contribution in [3.05, 3.63) is 82.4 Å². The molecule has 0 spiro atoms. The van der Waals surface area contributed by atoms with E-state index in [1.54, 1.807) is 38.5 Å². The predicted molar refractivity (Wildman–Crippen MR) is 165 cm³/mol. The number of benzene rings is 3. The van der Waals surface area contributed by atoms with Crippen LogP contribution in [0.3, 0.4) is 0 Å². The third kappa shape index (κ3) is 5.44. The lowest BCUT2D eigenvalue weighted by Crippen LogP contribution is -2.29. The SMILES string of the molecule is COc1ccc2nc(N3C(=O)C(=O)C(=C(O)c4cc(C)ccc4C)C3c3ccc(OCCC(C)C)c(OC)c3)sc2c1. The van der Waals surface area contributed by atoms with E-state index < -0.39 is 17.7 Å². The fourth-order valence-corrected chi connectivity index (χ4v) is 6.00. The number of Topliss-reactive ketones (excluding diaryl/α,β-unsaturated/α-hetero) is 1. The van der Waals surface area contributed by atoms with Crippen molar-refractivity contribution in [1.82, 2.24) is 4.98 Å². The van der Waals surface area contributed by atoms with Crippen molar-refractivity contribution in [3.8, 4) is 17.2 Å². The Morgan fingerprint density at radius 3 is 2.50 bits per heavy atom. The summed E-state index contributed by atoms with van der Waals surface area (Å²) in [6, 6.07) is 15.4. The highest BCUT2D eigenvalue weighted by atomic mass is 32.1. The minimum absolute atomic E-state index is 0.0129. The van der Waals surface area contributed by atoms with Crippen molar-refractivity contribution >= 4 is 44.1 Å². The Bertz CT molecular complexity index is 1710. The number of hydrogen-bond donors (Lipinski definition) is 1. The second kappa shape index (κ2) is 11.9. The Morgan fingerprint density at radius 1 is 1.00 bits per heavy atom. The van der Waals surface area contributed by atoms with Crippen molar-refractivity contribution in [1.29, 1.82) is 0 Å². The van der Waals surface area contributed by atoms with Gasteiger partial charge in [-0.1, -0.05) is 48.9 Å². The molecular formula is C33H34N2O6S. The molecule has 1 unspecified atom stereocenters. The number of ketones is 1. The van der Waals surface area contributed by atoms with Gasteiger partial charge in [-0.25, -0.2) is 4.98 Å². The van der Waals surface area contributed by atoms with Crippen molar-refractivity contribution in [2.75, 3.05) is 25.7 Å². The Labute approximate surface area is 249 Å². The average Bonchev–Trinajstić information content (AvgIpc) is 3.51. The van der Waals surface area contributed by atoms with Gasteiger partial charge >= 0.3 is 5.91 Å². The lowest BCUT2D eigenvalue weighted by atomic mass is 9.93. The summed E-state index contributed by atoms with van der Waals surface area (Å²) in [7, 11) is 3.13. The molecular weight excluding hydrogens is 552 g/mol. The van der Waals surface area contributed by atoms with Gasteiger partial charge < -0.3 is 19.3 Å². The molecule has 1 saturated heterocycles. The number of methoxy groups -OCH3 is 2. The van der Waals surface area contributed by atoms with Crippen LogP contribution in [0.5, 0.6) is 17.2 Å². The maximum Gasteiger partial charge on any atom is 0.301 e. The van der Waals surface area contributed by atoms with E-state index in [0.29, 0.717) is 51.5 Å². The Kier molecular flexibility index (Phi) is 8.22. The molecule has 42 heavy (non-hydrogen) atoms. The Balaban J connectivity index is 1.69. The number of ether oxygens (including phenoxy) is 3. The maximum atomic E-state index is 13.7. The maximum absolute atomic E-state index is 13.7. The van der Waals surface area contributed by atoms with E-state index in [2.05, 4.69) is 13.8 Å². The number of aromatic nitrogens is 1. The van der Waals surface area contributed by atoms with Crippen LogP contribution >= 0.6 is 11.3 Å². The zero-order valence-corrected chi connectivity index (χ0v) is 25.4. The van der Waals surface area contributed by atoms with E-state index in [-0.39, 0.29) is 11.3 Å². The van der Waals surface area contributed by atoms with Crippen molar-refractivity contribution < 1.29 is 28.9 Å². The predicted octanol–water partition coefficient (Wildman–Crippen LogP) is 6.98. The van der Waals surface area contributed by atoms with Gasteiger partial charge in [-0.2, -0.15) is 0 Å². The molecule has 1 aliphatic heterocycles. The summed E-state index contributed by atoms with van der Waals surface area (Å²) < 4.78 is 17.8. The van der Waals surface area contributed by atoms with Gasteiger partial charge in [-0.3, -0.25) is 14.5 Å². The van der Waals surface area contributed by atoms with Crippen LogP contribution < -0.4 is 19.1 Å². The fraction of sp³-hybridized carbons (Fsp3) is 0.303. The van der Waals surface area contributed by atoms with Gasteiger partial charge in [-0.05, 0) is 73.7 Å². The molecule has 218 valence electrons. The number of amides is 1. The molecule has 1 atom stereocenters. The van der Waals surface area contributed by atoms with E-state index in [4.69, 9.17) is 19.2 Å². The first-order valence-corrected chi connectivity index (χ1v) is 14.6. The first kappa shape index (κ1) is 29.1. The summed E-state index contributed by atoms with van der Waals surface area (Å²) >= 11 is 1.27. The number of aliphatic hydroxyl groups excluding tert-OH is 1. The number of thiazole rings is 1. The number of carbonyl (C=O) groups excluding carboxylic acids is 2. The van der Waals surface area contributed by atoms with E-state index in [9.17, 15) is 14.7 Å². The topological polar surface area (TPSA) is 98.2 Å². The van der Waals surface area contributed by atoms with Crippen molar-refractivity contribution in [3.63, 3.8) is 0 Å². The van der Waals surface area contributed by atoms with Crippen LogP contribution in [0.1, 0.15) is 48.6 Å². The molecule has 9 heteroatoms. The van der Waals surface area contributed by atoms with Gasteiger partial charge in [0.1, 0.15) is 11.5 Å². The Hall–Kier alpha value is -4.37. The van der Waals surface area contributed by atoms with Gasteiger partial charge in [0.25, 0.3) is 5.78 Å². The van der Waals surface area contributed by atoms with E-state index in [1.807, 2.05) is 44.2 Å².